The van der Waals surface area contributed by atoms with Crippen LogP contribution >= 0.6 is 0 Å². The number of benzene rings is 1. The normalized spacial score (nSPS) is 20.2. The van der Waals surface area contributed by atoms with Gasteiger partial charge in [0.15, 0.2) is 0 Å². The molecule has 1 heterocycles. The lowest BCUT2D eigenvalue weighted by molar-refractivity contribution is 0.0600. The number of hydrogen-bond acceptors (Lipinski definition) is 5. The van der Waals surface area contributed by atoms with Gasteiger partial charge >= 0.3 is 5.97 Å². The highest BCUT2D eigenvalue weighted by Crippen LogP contribution is 2.19. The molecule has 116 valence electrons. The molecule has 1 fully saturated rings. The number of carbonyl (C=O) groups excluding carboxylic acids is 1. The third-order valence-electron chi connectivity index (χ3n) is 3.57. The fourth-order valence-corrected chi connectivity index (χ4v) is 4.12. The molecule has 2 rings (SSSR count). The number of esters is 1. The van der Waals surface area contributed by atoms with Crippen molar-refractivity contribution in [1.82, 2.24) is 4.31 Å². The fourth-order valence-electron chi connectivity index (χ4n) is 2.47. The predicted molar refractivity (Wildman–Crippen MR) is 79.2 cm³/mol. The smallest absolute Gasteiger partial charge is 0.338 e. The van der Waals surface area contributed by atoms with Gasteiger partial charge in [0.25, 0.3) is 0 Å². The molecule has 0 saturated carbocycles. The van der Waals surface area contributed by atoms with E-state index in [-0.39, 0.29) is 17.4 Å². The van der Waals surface area contributed by atoms with Crippen LogP contribution in [-0.4, -0.2) is 44.9 Å². The van der Waals surface area contributed by atoms with Gasteiger partial charge in [-0.05, 0) is 24.5 Å². The van der Waals surface area contributed by atoms with Crippen molar-refractivity contribution in [2.75, 3.05) is 20.2 Å². The molecular weight excluding hydrogens is 292 g/mol. The first-order valence-corrected chi connectivity index (χ1v) is 8.44. The Morgan fingerprint density at radius 1 is 1.43 bits per heavy atom. The Kier molecular flexibility index (Phi) is 4.97. The van der Waals surface area contributed by atoms with Gasteiger partial charge in [-0.2, -0.15) is 0 Å². The van der Waals surface area contributed by atoms with Crippen LogP contribution in [-0.2, 0) is 20.5 Å². The van der Waals surface area contributed by atoms with Crippen LogP contribution in [0, 0.1) is 0 Å². The molecule has 21 heavy (non-hydrogen) atoms. The van der Waals surface area contributed by atoms with Gasteiger partial charge in [-0.15, -0.1) is 0 Å². The number of carbonyl (C=O) groups is 1. The maximum absolute atomic E-state index is 12.5. The topological polar surface area (TPSA) is 89.7 Å². The zero-order valence-electron chi connectivity index (χ0n) is 12.0. The molecular formula is C14H20N2O4S. The van der Waals surface area contributed by atoms with Gasteiger partial charge in [0.2, 0.25) is 10.0 Å². The van der Waals surface area contributed by atoms with E-state index in [4.69, 9.17) is 5.73 Å². The average molecular weight is 312 g/mol. The van der Waals surface area contributed by atoms with Crippen molar-refractivity contribution in [2.24, 2.45) is 5.73 Å². The molecule has 1 unspecified atom stereocenters. The monoisotopic (exact) mass is 312 g/mol. The van der Waals surface area contributed by atoms with E-state index in [0.717, 1.165) is 12.8 Å². The first-order chi connectivity index (χ1) is 9.94. The van der Waals surface area contributed by atoms with Crippen LogP contribution in [0.5, 0.6) is 0 Å². The Labute approximate surface area is 124 Å². The number of nitrogens with zero attached hydrogens (tertiary/aromatic N) is 1. The molecule has 0 bridgehead atoms. The quantitative estimate of drug-likeness (QED) is 0.828. The summed E-state index contributed by atoms with van der Waals surface area (Å²) < 4.78 is 31.1. The summed E-state index contributed by atoms with van der Waals surface area (Å²) in [6, 6.07) is 6.47. The predicted octanol–water partition coefficient (Wildman–Crippen LogP) is 0.726. The number of methoxy groups -OCH3 is 1. The largest absolute Gasteiger partial charge is 0.465 e. The molecule has 1 aliphatic rings. The van der Waals surface area contributed by atoms with E-state index >= 15 is 0 Å². The molecule has 1 atom stereocenters. The van der Waals surface area contributed by atoms with E-state index in [9.17, 15) is 13.2 Å². The van der Waals surface area contributed by atoms with Gasteiger partial charge in [-0.3, -0.25) is 0 Å². The molecule has 2 N–H and O–H groups in total. The van der Waals surface area contributed by atoms with Gasteiger partial charge in [0, 0.05) is 19.1 Å². The Morgan fingerprint density at radius 3 is 2.81 bits per heavy atom. The molecule has 7 heteroatoms. The summed E-state index contributed by atoms with van der Waals surface area (Å²) in [5, 5.41) is 0. The lowest BCUT2D eigenvalue weighted by Gasteiger charge is -2.30. The Morgan fingerprint density at radius 2 is 2.14 bits per heavy atom. The summed E-state index contributed by atoms with van der Waals surface area (Å²) in [7, 11) is -2.21. The second kappa shape index (κ2) is 6.55. The van der Waals surface area contributed by atoms with Gasteiger partial charge in [0.1, 0.15) is 0 Å². The minimum atomic E-state index is -3.49. The van der Waals surface area contributed by atoms with Gasteiger partial charge in [0.05, 0.1) is 18.4 Å². The zero-order chi connectivity index (χ0) is 15.5. The first-order valence-electron chi connectivity index (χ1n) is 6.83. The second-order valence-corrected chi connectivity index (χ2v) is 7.13. The van der Waals surface area contributed by atoms with Crippen LogP contribution in [0.15, 0.2) is 24.3 Å². The van der Waals surface area contributed by atoms with E-state index in [2.05, 4.69) is 4.74 Å². The summed E-state index contributed by atoms with van der Waals surface area (Å²) in [5.74, 6) is -0.749. The fraction of sp³-hybridized carbons (Fsp3) is 0.500. The summed E-state index contributed by atoms with van der Waals surface area (Å²) in [6.07, 6.45) is 1.60. The molecule has 1 aliphatic heterocycles. The standard InChI is InChI=1S/C14H20N2O4S/c1-20-14(17)13-7-3-2-5-11(13)10-21(18,19)16-8-4-6-12(15)9-16/h2-3,5,7,12H,4,6,8-10,15H2,1H3. The minimum absolute atomic E-state index is 0.121. The van der Waals surface area contributed by atoms with E-state index in [1.807, 2.05) is 0 Å². The molecule has 1 aromatic rings. The maximum Gasteiger partial charge on any atom is 0.338 e. The zero-order valence-corrected chi connectivity index (χ0v) is 12.8. The third-order valence-corrected chi connectivity index (χ3v) is 5.37. The van der Waals surface area contributed by atoms with Crippen molar-refractivity contribution in [3.63, 3.8) is 0 Å². The van der Waals surface area contributed by atoms with E-state index in [0.29, 0.717) is 18.7 Å². The molecule has 0 spiro atoms. The maximum atomic E-state index is 12.5. The van der Waals surface area contributed by atoms with E-state index in [1.54, 1.807) is 24.3 Å². The lowest BCUT2D eigenvalue weighted by Crippen LogP contribution is -2.46. The lowest BCUT2D eigenvalue weighted by atomic mass is 10.1. The van der Waals surface area contributed by atoms with Crippen molar-refractivity contribution in [3.05, 3.63) is 35.4 Å². The molecule has 6 nitrogen and oxygen atoms in total. The van der Waals surface area contributed by atoms with Crippen molar-refractivity contribution in [3.8, 4) is 0 Å². The number of piperidine rings is 1. The summed E-state index contributed by atoms with van der Waals surface area (Å²) in [5.41, 5.74) is 6.56. The minimum Gasteiger partial charge on any atom is -0.465 e. The second-order valence-electron chi connectivity index (χ2n) is 5.17. The van der Waals surface area contributed by atoms with Crippen molar-refractivity contribution in [2.45, 2.75) is 24.6 Å². The van der Waals surface area contributed by atoms with Crippen LogP contribution in [0.3, 0.4) is 0 Å². The Balaban J connectivity index is 2.22. The van der Waals surface area contributed by atoms with Gasteiger partial charge in [-0.1, -0.05) is 18.2 Å². The third kappa shape index (κ3) is 3.81. The molecule has 1 saturated heterocycles. The van der Waals surface area contributed by atoms with Crippen LogP contribution in [0.2, 0.25) is 0 Å². The van der Waals surface area contributed by atoms with Gasteiger partial charge in [-0.25, -0.2) is 17.5 Å². The number of nitrogens with two attached hydrogens (primary N) is 1. The molecule has 0 aromatic heterocycles. The van der Waals surface area contributed by atoms with Crippen LogP contribution < -0.4 is 5.73 Å². The number of rotatable bonds is 4. The summed E-state index contributed by atoms with van der Waals surface area (Å²) >= 11 is 0. The Bertz CT molecular complexity index is 615. The molecule has 0 aliphatic carbocycles. The highest BCUT2D eigenvalue weighted by molar-refractivity contribution is 7.88. The number of hydrogen-bond donors (Lipinski definition) is 1. The van der Waals surface area contributed by atoms with Crippen LogP contribution in [0.25, 0.3) is 0 Å². The number of ether oxygens (including phenoxy) is 1. The number of sulfonamides is 1. The SMILES string of the molecule is COC(=O)c1ccccc1CS(=O)(=O)N1CCCC(N)C1. The van der Waals surface area contributed by atoms with Crippen molar-refractivity contribution in [1.29, 1.82) is 0 Å². The highest BCUT2D eigenvalue weighted by Gasteiger charge is 2.28. The highest BCUT2D eigenvalue weighted by atomic mass is 32.2. The van der Waals surface area contributed by atoms with E-state index < -0.39 is 16.0 Å². The van der Waals surface area contributed by atoms with Crippen molar-refractivity contribution >= 4 is 16.0 Å². The molecule has 1 aromatic carbocycles. The van der Waals surface area contributed by atoms with Gasteiger partial charge < -0.3 is 10.5 Å². The molecule has 0 amide bonds. The van der Waals surface area contributed by atoms with Crippen LogP contribution in [0.4, 0.5) is 0 Å². The first kappa shape index (κ1) is 15.9. The van der Waals surface area contributed by atoms with Crippen LogP contribution in [0.1, 0.15) is 28.8 Å². The van der Waals surface area contributed by atoms with E-state index in [1.165, 1.54) is 11.4 Å². The molecule has 0 radical (unpaired) electrons. The van der Waals surface area contributed by atoms with Crippen molar-refractivity contribution < 1.29 is 17.9 Å². The summed E-state index contributed by atoms with van der Waals surface area (Å²) in [4.78, 5) is 11.7. The summed E-state index contributed by atoms with van der Waals surface area (Å²) in [6.45, 7) is 0.819. The average Bonchev–Trinajstić information content (AvgIpc) is 2.46. The Hall–Kier alpha value is -1.44.